The highest BCUT2D eigenvalue weighted by Crippen LogP contribution is 2.16. The molecule has 0 spiro atoms. The van der Waals surface area contributed by atoms with E-state index in [9.17, 15) is 18.8 Å². The first kappa shape index (κ1) is 23.5. The molecule has 0 aliphatic carbocycles. The minimum atomic E-state index is -0.922. The predicted octanol–water partition coefficient (Wildman–Crippen LogP) is 2.73. The molecule has 0 radical (unpaired) electrons. The van der Waals surface area contributed by atoms with Gasteiger partial charge in [0.25, 0.3) is 11.8 Å². The topological polar surface area (TPSA) is 112 Å². The fourth-order valence-electron chi connectivity index (χ4n) is 2.90. The molecule has 0 saturated heterocycles. The Hall–Kier alpha value is -4.21. The Morgan fingerprint density at radius 2 is 1.73 bits per heavy atom. The standard InChI is InChI=1S/C23H23FN4O5/c1-4-32-23(31)20-13-25-28(14(20)2)18-9-5-16(6-10-18)22(30)27-26-21(29)15(3)33-19-11-7-17(24)8-12-19/h5-13,15H,4H2,1-3H3,(H,26,29)(H,27,30). The molecule has 0 saturated carbocycles. The van der Waals surface area contributed by atoms with Gasteiger partial charge >= 0.3 is 5.97 Å². The smallest absolute Gasteiger partial charge is 0.341 e. The van der Waals surface area contributed by atoms with Crippen LogP contribution in [0.4, 0.5) is 4.39 Å². The van der Waals surface area contributed by atoms with Gasteiger partial charge in [0.1, 0.15) is 17.1 Å². The van der Waals surface area contributed by atoms with Crippen LogP contribution in [0.25, 0.3) is 5.69 Å². The third-order valence-corrected chi connectivity index (χ3v) is 4.67. The van der Waals surface area contributed by atoms with E-state index in [1.807, 2.05) is 0 Å². The maximum atomic E-state index is 13.0. The van der Waals surface area contributed by atoms with Crippen molar-refractivity contribution in [2.75, 3.05) is 6.61 Å². The van der Waals surface area contributed by atoms with Crippen molar-refractivity contribution in [2.24, 2.45) is 0 Å². The average molecular weight is 454 g/mol. The van der Waals surface area contributed by atoms with Crippen molar-refractivity contribution < 1.29 is 28.2 Å². The Balaban J connectivity index is 1.57. The van der Waals surface area contributed by atoms with Crippen molar-refractivity contribution in [1.82, 2.24) is 20.6 Å². The first-order valence-corrected chi connectivity index (χ1v) is 10.1. The minimum Gasteiger partial charge on any atom is -0.481 e. The first-order valence-electron chi connectivity index (χ1n) is 10.1. The van der Waals surface area contributed by atoms with Gasteiger partial charge in [-0.1, -0.05) is 0 Å². The number of nitrogens with zero attached hydrogens (tertiary/aromatic N) is 2. The fourth-order valence-corrected chi connectivity index (χ4v) is 2.90. The molecule has 0 bridgehead atoms. The van der Waals surface area contributed by atoms with Gasteiger partial charge in [0.2, 0.25) is 0 Å². The van der Waals surface area contributed by atoms with Gasteiger partial charge in [0.15, 0.2) is 6.10 Å². The summed E-state index contributed by atoms with van der Waals surface area (Å²) < 4.78 is 24.9. The van der Waals surface area contributed by atoms with E-state index in [2.05, 4.69) is 16.0 Å². The lowest BCUT2D eigenvalue weighted by molar-refractivity contribution is -0.128. The summed E-state index contributed by atoms with van der Waals surface area (Å²) in [6, 6.07) is 11.7. The molecule has 0 fully saturated rings. The van der Waals surface area contributed by atoms with Crippen LogP contribution in [0.5, 0.6) is 5.75 Å². The third-order valence-electron chi connectivity index (χ3n) is 4.67. The number of esters is 1. The summed E-state index contributed by atoms with van der Waals surface area (Å²) in [4.78, 5) is 36.5. The average Bonchev–Trinajstić information content (AvgIpc) is 3.20. The van der Waals surface area contributed by atoms with Crippen LogP contribution in [0.1, 0.15) is 40.3 Å². The van der Waals surface area contributed by atoms with Crippen LogP contribution in [0.2, 0.25) is 0 Å². The Bertz CT molecular complexity index is 1140. The zero-order valence-corrected chi connectivity index (χ0v) is 18.3. The SMILES string of the molecule is CCOC(=O)c1cnn(-c2ccc(C(=O)NNC(=O)C(C)Oc3ccc(F)cc3)cc2)c1C. The number of nitrogens with one attached hydrogen (secondary N) is 2. The van der Waals surface area contributed by atoms with Crippen molar-refractivity contribution in [2.45, 2.75) is 26.9 Å². The molecule has 1 aromatic heterocycles. The highest BCUT2D eigenvalue weighted by atomic mass is 19.1. The van der Waals surface area contributed by atoms with Gasteiger partial charge in [0.05, 0.1) is 24.2 Å². The molecule has 10 heteroatoms. The predicted molar refractivity (Wildman–Crippen MR) is 116 cm³/mol. The molecule has 2 aromatic carbocycles. The van der Waals surface area contributed by atoms with Crippen molar-refractivity contribution >= 4 is 17.8 Å². The lowest BCUT2D eigenvalue weighted by Crippen LogP contribution is -2.47. The molecule has 9 nitrogen and oxygen atoms in total. The molecule has 1 unspecified atom stereocenters. The summed E-state index contributed by atoms with van der Waals surface area (Å²) in [5.41, 5.74) is 6.51. The van der Waals surface area contributed by atoms with E-state index in [-0.39, 0.29) is 6.61 Å². The fraction of sp³-hybridized carbons (Fsp3) is 0.217. The second kappa shape index (κ2) is 10.4. The van der Waals surface area contributed by atoms with E-state index < -0.39 is 29.7 Å². The van der Waals surface area contributed by atoms with Gasteiger partial charge in [-0.05, 0) is 69.3 Å². The summed E-state index contributed by atoms with van der Waals surface area (Å²) in [5, 5.41) is 4.21. The van der Waals surface area contributed by atoms with E-state index in [4.69, 9.17) is 9.47 Å². The van der Waals surface area contributed by atoms with Crippen molar-refractivity contribution in [1.29, 1.82) is 0 Å². The molecule has 3 rings (SSSR count). The van der Waals surface area contributed by atoms with Gasteiger partial charge in [-0.3, -0.25) is 20.4 Å². The van der Waals surface area contributed by atoms with Crippen LogP contribution in [0.15, 0.2) is 54.7 Å². The van der Waals surface area contributed by atoms with Crippen molar-refractivity contribution in [3.63, 3.8) is 0 Å². The number of amides is 2. The van der Waals surface area contributed by atoms with E-state index in [1.165, 1.54) is 37.4 Å². The highest BCUT2D eigenvalue weighted by molar-refractivity contribution is 5.96. The zero-order valence-electron chi connectivity index (χ0n) is 18.3. The number of carbonyl (C=O) groups is 3. The summed E-state index contributed by atoms with van der Waals surface area (Å²) >= 11 is 0. The van der Waals surface area contributed by atoms with E-state index in [1.54, 1.807) is 42.8 Å². The monoisotopic (exact) mass is 454 g/mol. The van der Waals surface area contributed by atoms with E-state index in [0.717, 1.165) is 0 Å². The van der Waals surface area contributed by atoms with Crippen LogP contribution < -0.4 is 15.6 Å². The molecule has 0 aliphatic heterocycles. The Kier molecular flexibility index (Phi) is 7.39. The second-order valence-corrected chi connectivity index (χ2v) is 6.98. The van der Waals surface area contributed by atoms with Crippen LogP contribution in [0.3, 0.4) is 0 Å². The van der Waals surface area contributed by atoms with Crippen LogP contribution in [0, 0.1) is 12.7 Å². The van der Waals surface area contributed by atoms with Crippen LogP contribution in [-0.4, -0.2) is 40.3 Å². The molecule has 172 valence electrons. The summed E-state index contributed by atoms with van der Waals surface area (Å²) in [6.07, 6.45) is 0.507. The van der Waals surface area contributed by atoms with Gasteiger partial charge in [0, 0.05) is 5.56 Å². The van der Waals surface area contributed by atoms with Crippen molar-refractivity contribution in [3.05, 3.63) is 77.4 Å². The number of hydrazine groups is 1. The largest absolute Gasteiger partial charge is 0.481 e. The summed E-state index contributed by atoms with van der Waals surface area (Å²) in [7, 11) is 0. The molecule has 2 amide bonds. The number of benzene rings is 2. The Morgan fingerprint density at radius 1 is 1.06 bits per heavy atom. The Morgan fingerprint density at radius 3 is 2.36 bits per heavy atom. The van der Waals surface area contributed by atoms with E-state index >= 15 is 0 Å². The summed E-state index contributed by atoms with van der Waals surface area (Å²) in [6.45, 7) is 5.23. The minimum absolute atomic E-state index is 0.265. The highest BCUT2D eigenvalue weighted by Gasteiger charge is 2.18. The second-order valence-electron chi connectivity index (χ2n) is 6.98. The number of aromatic nitrogens is 2. The maximum Gasteiger partial charge on any atom is 0.341 e. The Labute approximate surface area is 189 Å². The molecule has 1 atom stereocenters. The van der Waals surface area contributed by atoms with Gasteiger partial charge in [-0.15, -0.1) is 0 Å². The molecular weight excluding hydrogens is 431 g/mol. The van der Waals surface area contributed by atoms with Crippen molar-refractivity contribution in [3.8, 4) is 11.4 Å². The first-order chi connectivity index (χ1) is 15.8. The van der Waals surface area contributed by atoms with Gasteiger partial charge in [-0.25, -0.2) is 13.9 Å². The quantitative estimate of drug-likeness (QED) is 0.420. The number of hydrogen-bond donors (Lipinski definition) is 2. The number of carbonyl (C=O) groups excluding carboxylic acids is 3. The molecule has 2 N–H and O–H groups in total. The van der Waals surface area contributed by atoms with Crippen LogP contribution >= 0.6 is 0 Å². The summed E-state index contributed by atoms with van der Waals surface area (Å²) in [5.74, 6) is -1.66. The lowest BCUT2D eigenvalue weighted by Gasteiger charge is -2.15. The zero-order chi connectivity index (χ0) is 24.0. The lowest BCUT2D eigenvalue weighted by atomic mass is 10.2. The number of halogens is 1. The number of hydrogen-bond acceptors (Lipinski definition) is 6. The van der Waals surface area contributed by atoms with E-state index in [0.29, 0.717) is 28.3 Å². The molecule has 33 heavy (non-hydrogen) atoms. The number of ether oxygens (including phenoxy) is 2. The number of rotatable bonds is 7. The molecular formula is C23H23FN4O5. The van der Waals surface area contributed by atoms with Gasteiger partial charge < -0.3 is 9.47 Å². The normalized spacial score (nSPS) is 11.4. The molecule has 1 heterocycles. The molecule has 0 aliphatic rings. The van der Waals surface area contributed by atoms with Gasteiger partial charge in [-0.2, -0.15) is 5.10 Å². The third kappa shape index (κ3) is 5.73. The maximum absolute atomic E-state index is 13.0. The van der Waals surface area contributed by atoms with Crippen LogP contribution in [-0.2, 0) is 9.53 Å². The molecule has 3 aromatic rings.